The molecule has 0 atom stereocenters. The minimum atomic E-state index is 0.0498. The third-order valence-electron chi connectivity index (χ3n) is 2.75. The summed E-state index contributed by atoms with van der Waals surface area (Å²) in [5.74, 6) is 0.0498. The van der Waals surface area contributed by atoms with Crippen molar-refractivity contribution in [1.29, 1.82) is 0 Å². The van der Waals surface area contributed by atoms with Crippen LogP contribution in [-0.4, -0.2) is 36.4 Å². The van der Waals surface area contributed by atoms with Crippen LogP contribution in [0.1, 0.15) is 31.2 Å². The van der Waals surface area contributed by atoms with Crippen molar-refractivity contribution in [2.75, 3.05) is 20.6 Å². The molecule has 0 saturated heterocycles. The van der Waals surface area contributed by atoms with Gasteiger partial charge in [0.05, 0.1) is 0 Å². The van der Waals surface area contributed by atoms with E-state index in [2.05, 4.69) is 34.8 Å². The number of nitrogens with zero attached hydrogens (tertiary/aromatic N) is 2. The number of carbonyl (C=O) groups excluding carboxylic acids is 1. The van der Waals surface area contributed by atoms with Crippen LogP contribution in [0, 0.1) is 0 Å². The van der Waals surface area contributed by atoms with Gasteiger partial charge in [0, 0.05) is 25.4 Å². The van der Waals surface area contributed by atoms with Gasteiger partial charge in [0.15, 0.2) is 0 Å². The minimum absolute atomic E-state index is 0.0498. The summed E-state index contributed by atoms with van der Waals surface area (Å²) < 4.78 is 0. The molecule has 1 heterocycles. The SMILES string of the molecule is CN(C)CCCCCC(=O)NNCc1cccnc1. The molecule has 5 heteroatoms. The molecule has 0 aliphatic heterocycles. The maximum Gasteiger partial charge on any atom is 0.234 e. The quantitative estimate of drug-likeness (QED) is 0.522. The van der Waals surface area contributed by atoms with Crippen molar-refractivity contribution in [3.05, 3.63) is 30.1 Å². The van der Waals surface area contributed by atoms with Crippen LogP contribution >= 0.6 is 0 Å². The largest absolute Gasteiger partial charge is 0.309 e. The Morgan fingerprint density at radius 2 is 2.16 bits per heavy atom. The number of amides is 1. The fourth-order valence-electron chi connectivity index (χ4n) is 1.70. The lowest BCUT2D eigenvalue weighted by Crippen LogP contribution is -2.36. The first-order chi connectivity index (χ1) is 9.18. The minimum Gasteiger partial charge on any atom is -0.309 e. The molecule has 2 N–H and O–H groups in total. The molecule has 106 valence electrons. The van der Waals surface area contributed by atoms with Crippen molar-refractivity contribution in [2.24, 2.45) is 0 Å². The van der Waals surface area contributed by atoms with Gasteiger partial charge in [0.25, 0.3) is 0 Å². The number of carbonyl (C=O) groups is 1. The van der Waals surface area contributed by atoms with E-state index in [1.54, 1.807) is 12.4 Å². The average Bonchev–Trinajstić information content (AvgIpc) is 2.39. The smallest absolute Gasteiger partial charge is 0.234 e. The number of rotatable bonds is 9. The van der Waals surface area contributed by atoms with Gasteiger partial charge < -0.3 is 4.90 Å². The Hall–Kier alpha value is -1.46. The lowest BCUT2D eigenvalue weighted by molar-refractivity contribution is -0.122. The number of nitrogens with one attached hydrogen (secondary N) is 2. The standard InChI is InChI=1S/C14H24N4O/c1-18(2)10-5-3-4-8-14(19)17-16-12-13-7-6-9-15-11-13/h6-7,9,11,16H,3-5,8,10,12H2,1-2H3,(H,17,19). The summed E-state index contributed by atoms with van der Waals surface area (Å²) >= 11 is 0. The van der Waals surface area contributed by atoms with Gasteiger partial charge in [-0.05, 0) is 45.1 Å². The van der Waals surface area contributed by atoms with E-state index in [0.29, 0.717) is 13.0 Å². The topological polar surface area (TPSA) is 57.3 Å². The predicted molar refractivity (Wildman–Crippen MR) is 76.2 cm³/mol. The molecule has 5 nitrogen and oxygen atoms in total. The summed E-state index contributed by atoms with van der Waals surface area (Å²) in [7, 11) is 4.13. The highest BCUT2D eigenvalue weighted by atomic mass is 16.2. The first-order valence-corrected chi connectivity index (χ1v) is 6.74. The number of aromatic nitrogens is 1. The molecule has 0 aromatic carbocycles. The molecule has 0 unspecified atom stereocenters. The van der Waals surface area contributed by atoms with Crippen LogP contribution in [-0.2, 0) is 11.3 Å². The monoisotopic (exact) mass is 264 g/mol. The first kappa shape index (κ1) is 15.6. The van der Waals surface area contributed by atoms with Crippen LogP contribution in [0.4, 0.5) is 0 Å². The maximum absolute atomic E-state index is 11.5. The van der Waals surface area contributed by atoms with Gasteiger partial charge in [-0.15, -0.1) is 0 Å². The van der Waals surface area contributed by atoms with Gasteiger partial charge in [-0.25, -0.2) is 5.43 Å². The highest BCUT2D eigenvalue weighted by molar-refractivity contribution is 5.75. The third-order valence-corrected chi connectivity index (χ3v) is 2.75. The zero-order valence-corrected chi connectivity index (χ0v) is 11.9. The van der Waals surface area contributed by atoms with Crippen molar-refractivity contribution in [3.63, 3.8) is 0 Å². The summed E-state index contributed by atoms with van der Waals surface area (Å²) in [6.45, 7) is 1.68. The first-order valence-electron chi connectivity index (χ1n) is 6.74. The molecular formula is C14H24N4O. The van der Waals surface area contributed by atoms with Crippen molar-refractivity contribution < 1.29 is 4.79 Å². The zero-order chi connectivity index (χ0) is 13.9. The van der Waals surface area contributed by atoms with Gasteiger partial charge in [-0.3, -0.25) is 15.2 Å². The van der Waals surface area contributed by atoms with Crippen LogP contribution < -0.4 is 10.9 Å². The summed E-state index contributed by atoms with van der Waals surface area (Å²) in [6, 6.07) is 3.84. The Morgan fingerprint density at radius 1 is 1.32 bits per heavy atom. The van der Waals surface area contributed by atoms with Gasteiger partial charge in [0.2, 0.25) is 5.91 Å². The Labute approximate surface area is 115 Å². The van der Waals surface area contributed by atoms with Crippen molar-refractivity contribution in [3.8, 4) is 0 Å². The Balaban J connectivity index is 1.99. The molecule has 19 heavy (non-hydrogen) atoms. The molecule has 0 saturated carbocycles. The molecule has 1 aromatic heterocycles. The van der Waals surface area contributed by atoms with Crippen LogP contribution in [0.2, 0.25) is 0 Å². The molecule has 1 amide bonds. The summed E-state index contributed by atoms with van der Waals surface area (Å²) in [6.07, 6.45) is 7.26. The van der Waals surface area contributed by atoms with Crippen LogP contribution in [0.3, 0.4) is 0 Å². The van der Waals surface area contributed by atoms with E-state index >= 15 is 0 Å². The lowest BCUT2D eigenvalue weighted by atomic mass is 10.2. The number of pyridine rings is 1. The van der Waals surface area contributed by atoms with E-state index in [-0.39, 0.29) is 5.91 Å². The van der Waals surface area contributed by atoms with E-state index < -0.39 is 0 Å². The third kappa shape index (κ3) is 8.29. The number of hydrazine groups is 1. The highest BCUT2D eigenvalue weighted by Gasteiger charge is 2.00. The predicted octanol–water partition coefficient (Wildman–Crippen LogP) is 1.32. The highest BCUT2D eigenvalue weighted by Crippen LogP contribution is 2.00. The van der Waals surface area contributed by atoms with Crippen LogP contribution in [0.5, 0.6) is 0 Å². The maximum atomic E-state index is 11.5. The zero-order valence-electron chi connectivity index (χ0n) is 11.9. The van der Waals surface area contributed by atoms with Gasteiger partial charge in [-0.1, -0.05) is 12.5 Å². The van der Waals surface area contributed by atoms with E-state index in [1.807, 2.05) is 12.1 Å². The summed E-state index contributed by atoms with van der Waals surface area (Å²) in [5, 5.41) is 0. The second-order valence-corrected chi connectivity index (χ2v) is 4.88. The van der Waals surface area contributed by atoms with Gasteiger partial charge >= 0.3 is 0 Å². The lowest BCUT2D eigenvalue weighted by Gasteiger charge is -2.09. The van der Waals surface area contributed by atoms with E-state index in [4.69, 9.17) is 0 Å². The van der Waals surface area contributed by atoms with Crippen LogP contribution in [0.15, 0.2) is 24.5 Å². The molecule has 0 aliphatic rings. The van der Waals surface area contributed by atoms with Crippen molar-refractivity contribution >= 4 is 5.91 Å². The molecule has 0 fully saturated rings. The van der Waals surface area contributed by atoms with Crippen molar-refractivity contribution in [2.45, 2.75) is 32.2 Å². The Morgan fingerprint density at radius 3 is 2.84 bits per heavy atom. The number of hydrogen-bond donors (Lipinski definition) is 2. The summed E-state index contributed by atoms with van der Waals surface area (Å²) in [4.78, 5) is 17.7. The van der Waals surface area contributed by atoms with E-state index in [9.17, 15) is 4.79 Å². The molecule has 0 radical (unpaired) electrons. The average molecular weight is 264 g/mol. The number of unbranched alkanes of at least 4 members (excludes halogenated alkanes) is 2. The Bertz CT molecular complexity index is 354. The molecular weight excluding hydrogens is 240 g/mol. The molecule has 1 rings (SSSR count). The molecule has 0 bridgehead atoms. The fraction of sp³-hybridized carbons (Fsp3) is 0.571. The number of hydrogen-bond acceptors (Lipinski definition) is 4. The van der Waals surface area contributed by atoms with Crippen molar-refractivity contribution in [1.82, 2.24) is 20.7 Å². The fourth-order valence-corrected chi connectivity index (χ4v) is 1.70. The molecule has 0 spiro atoms. The van der Waals surface area contributed by atoms with E-state index in [1.165, 1.54) is 0 Å². The molecule has 1 aromatic rings. The van der Waals surface area contributed by atoms with Gasteiger partial charge in [-0.2, -0.15) is 0 Å². The second-order valence-electron chi connectivity index (χ2n) is 4.88. The summed E-state index contributed by atoms with van der Waals surface area (Å²) in [5.41, 5.74) is 6.67. The Kier molecular flexibility index (Phi) is 7.77. The van der Waals surface area contributed by atoms with Gasteiger partial charge in [0.1, 0.15) is 0 Å². The molecule has 0 aliphatic carbocycles. The van der Waals surface area contributed by atoms with E-state index in [0.717, 1.165) is 31.4 Å². The normalized spacial score (nSPS) is 10.7. The van der Waals surface area contributed by atoms with Crippen LogP contribution in [0.25, 0.3) is 0 Å². The second kappa shape index (κ2) is 9.47.